The molecule has 1 N–H and O–H groups in total. The first-order chi connectivity index (χ1) is 12.9. The number of halogens is 1. The average Bonchev–Trinajstić information content (AvgIpc) is 3.17. The van der Waals surface area contributed by atoms with E-state index in [4.69, 9.17) is 11.6 Å². The van der Waals surface area contributed by atoms with Gasteiger partial charge < -0.3 is 0 Å². The molecule has 0 atom stereocenters. The second-order valence-electron chi connectivity index (χ2n) is 5.89. The van der Waals surface area contributed by atoms with Crippen LogP contribution in [0.4, 0.5) is 5.13 Å². The minimum atomic E-state index is -0.386. The summed E-state index contributed by atoms with van der Waals surface area (Å²) >= 11 is 7.37. The molecule has 27 heavy (non-hydrogen) atoms. The number of anilines is 1. The van der Waals surface area contributed by atoms with Crippen LogP contribution < -0.4 is 10.9 Å². The van der Waals surface area contributed by atoms with E-state index in [2.05, 4.69) is 15.3 Å². The van der Waals surface area contributed by atoms with Crippen LogP contribution in [-0.2, 0) is 0 Å². The van der Waals surface area contributed by atoms with E-state index in [-0.39, 0.29) is 17.2 Å². The summed E-state index contributed by atoms with van der Waals surface area (Å²) in [5.41, 5.74) is 1.82. The molecule has 3 aromatic heterocycles. The average molecular weight is 400 g/mol. The van der Waals surface area contributed by atoms with Gasteiger partial charge in [-0.3, -0.25) is 14.9 Å². The number of carbonyl (C=O) groups is 1. The second kappa shape index (κ2) is 6.64. The zero-order valence-electron chi connectivity index (χ0n) is 14.4. The summed E-state index contributed by atoms with van der Waals surface area (Å²) in [7, 11) is 0. The van der Waals surface area contributed by atoms with Crippen LogP contribution in [0.1, 0.15) is 21.1 Å². The Kier molecular flexibility index (Phi) is 4.29. The number of benzene rings is 1. The number of hydrogen-bond acceptors (Lipinski definition) is 5. The fourth-order valence-electron chi connectivity index (χ4n) is 2.69. The summed E-state index contributed by atoms with van der Waals surface area (Å²) in [6.45, 7) is 3.83. The number of fused-ring (bicyclic) bond motifs is 1. The van der Waals surface area contributed by atoms with Crippen LogP contribution in [0.15, 0.2) is 47.4 Å². The van der Waals surface area contributed by atoms with E-state index < -0.39 is 0 Å². The van der Waals surface area contributed by atoms with Gasteiger partial charge >= 0.3 is 0 Å². The van der Waals surface area contributed by atoms with E-state index in [9.17, 15) is 9.59 Å². The Balaban J connectivity index is 1.88. The lowest BCUT2D eigenvalue weighted by atomic mass is 10.3. The molecule has 0 spiro atoms. The molecule has 9 heteroatoms. The van der Waals surface area contributed by atoms with Gasteiger partial charge in [-0.25, -0.2) is 14.6 Å². The van der Waals surface area contributed by atoms with Crippen molar-refractivity contribution in [3.63, 3.8) is 0 Å². The van der Waals surface area contributed by atoms with Crippen LogP contribution in [0.5, 0.6) is 0 Å². The highest BCUT2D eigenvalue weighted by molar-refractivity contribution is 7.15. The van der Waals surface area contributed by atoms with Gasteiger partial charge in [-0.05, 0) is 38.1 Å². The van der Waals surface area contributed by atoms with Crippen LogP contribution >= 0.6 is 22.9 Å². The zero-order valence-corrected chi connectivity index (χ0v) is 16.0. The van der Waals surface area contributed by atoms with Gasteiger partial charge in [-0.1, -0.05) is 11.6 Å². The van der Waals surface area contributed by atoms with Crippen molar-refractivity contribution in [1.29, 1.82) is 0 Å². The summed E-state index contributed by atoms with van der Waals surface area (Å²) in [5.74, 6) is -0.386. The number of nitrogens with one attached hydrogen (secondary N) is 1. The molecule has 0 fully saturated rings. The standard InChI is InChI=1S/C18H14ClN5O2S/c1-10-11(2)27-18(21-10)22-17(26)14-9-15-20-8-7-16(25)24(15)23(14)13-5-3-12(19)4-6-13/h3-9H,1-2H3,(H,21,22,26). The molecular weight excluding hydrogens is 386 g/mol. The molecular formula is C18H14ClN5O2S. The number of aromatic nitrogens is 4. The fraction of sp³-hybridized carbons (Fsp3) is 0.111. The van der Waals surface area contributed by atoms with Crippen molar-refractivity contribution in [2.24, 2.45) is 0 Å². The molecule has 0 radical (unpaired) electrons. The first-order valence-electron chi connectivity index (χ1n) is 8.05. The second-order valence-corrected chi connectivity index (χ2v) is 7.53. The molecule has 0 aliphatic heterocycles. The Hall–Kier alpha value is -2.97. The van der Waals surface area contributed by atoms with E-state index >= 15 is 0 Å². The molecule has 4 rings (SSSR count). The maximum atomic E-state index is 12.9. The first-order valence-corrected chi connectivity index (χ1v) is 9.24. The monoisotopic (exact) mass is 399 g/mol. The Labute approximate surface area is 162 Å². The summed E-state index contributed by atoms with van der Waals surface area (Å²) in [4.78, 5) is 34.9. The largest absolute Gasteiger partial charge is 0.296 e. The zero-order chi connectivity index (χ0) is 19.1. The third-order valence-electron chi connectivity index (χ3n) is 4.10. The quantitative estimate of drug-likeness (QED) is 0.572. The maximum Gasteiger partial charge on any atom is 0.276 e. The third-order valence-corrected chi connectivity index (χ3v) is 5.34. The number of hydrogen-bond donors (Lipinski definition) is 1. The van der Waals surface area contributed by atoms with Gasteiger partial charge in [0.2, 0.25) is 0 Å². The molecule has 1 aromatic carbocycles. The molecule has 0 saturated heterocycles. The Morgan fingerprint density at radius 3 is 2.59 bits per heavy atom. The number of amides is 1. The Morgan fingerprint density at radius 1 is 1.19 bits per heavy atom. The van der Waals surface area contributed by atoms with Gasteiger partial charge in [-0.2, -0.15) is 4.52 Å². The highest BCUT2D eigenvalue weighted by atomic mass is 35.5. The predicted octanol–water partition coefficient (Wildman–Crippen LogP) is 3.46. The van der Waals surface area contributed by atoms with Crippen LogP contribution in [-0.4, -0.2) is 25.1 Å². The SMILES string of the molecule is Cc1nc(NC(=O)c2cc3nccc(=O)n3n2-c2ccc(Cl)cc2)sc1C. The number of aryl methyl sites for hydroxylation is 2. The van der Waals surface area contributed by atoms with Gasteiger partial charge in [-0.15, -0.1) is 11.3 Å². The van der Waals surface area contributed by atoms with Crippen molar-refractivity contribution >= 4 is 39.6 Å². The molecule has 0 saturated carbocycles. The lowest BCUT2D eigenvalue weighted by Crippen LogP contribution is -2.23. The highest BCUT2D eigenvalue weighted by Crippen LogP contribution is 2.23. The molecule has 0 aliphatic rings. The van der Waals surface area contributed by atoms with Crippen LogP contribution in [0.3, 0.4) is 0 Å². The summed E-state index contributed by atoms with van der Waals surface area (Å²) in [6, 6.07) is 9.76. The van der Waals surface area contributed by atoms with Crippen molar-refractivity contribution < 1.29 is 4.79 Å². The maximum absolute atomic E-state index is 12.9. The molecule has 4 aromatic rings. The predicted molar refractivity (Wildman–Crippen MR) is 105 cm³/mol. The third kappa shape index (κ3) is 3.13. The van der Waals surface area contributed by atoms with Gasteiger partial charge in [0.05, 0.1) is 11.4 Å². The number of thiazole rings is 1. The molecule has 0 bridgehead atoms. The fourth-order valence-corrected chi connectivity index (χ4v) is 3.63. The number of nitrogens with zero attached hydrogens (tertiary/aromatic N) is 4. The summed E-state index contributed by atoms with van der Waals surface area (Å²) < 4.78 is 2.86. The van der Waals surface area contributed by atoms with E-state index in [0.29, 0.717) is 21.5 Å². The lowest BCUT2D eigenvalue weighted by molar-refractivity contribution is 0.101. The van der Waals surface area contributed by atoms with E-state index in [0.717, 1.165) is 10.6 Å². The minimum Gasteiger partial charge on any atom is -0.296 e. The van der Waals surface area contributed by atoms with Crippen LogP contribution in [0.25, 0.3) is 11.3 Å². The molecule has 0 unspecified atom stereocenters. The summed E-state index contributed by atoms with van der Waals surface area (Å²) in [6.07, 6.45) is 1.42. The van der Waals surface area contributed by atoms with Gasteiger partial charge in [0.1, 0.15) is 5.69 Å². The van der Waals surface area contributed by atoms with Gasteiger partial charge in [0.15, 0.2) is 10.8 Å². The van der Waals surface area contributed by atoms with Crippen molar-refractivity contribution in [3.8, 4) is 5.69 Å². The van der Waals surface area contributed by atoms with Gasteiger partial charge in [0, 0.05) is 28.2 Å². The van der Waals surface area contributed by atoms with E-state index in [1.807, 2.05) is 13.8 Å². The topological polar surface area (TPSA) is 81.3 Å². The van der Waals surface area contributed by atoms with Crippen LogP contribution in [0.2, 0.25) is 5.02 Å². The lowest BCUT2D eigenvalue weighted by Gasteiger charge is -2.10. The van der Waals surface area contributed by atoms with Gasteiger partial charge in [0.25, 0.3) is 11.5 Å². The first kappa shape index (κ1) is 17.4. The van der Waals surface area contributed by atoms with Crippen molar-refractivity contribution in [3.05, 3.63) is 74.2 Å². The number of carbonyl (C=O) groups excluding carboxylic acids is 1. The van der Waals surface area contributed by atoms with E-state index in [1.165, 1.54) is 32.8 Å². The molecule has 0 aliphatic carbocycles. The number of rotatable bonds is 3. The van der Waals surface area contributed by atoms with Crippen molar-refractivity contribution in [2.45, 2.75) is 13.8 Å². The molecule has 136 valence electrons. The minimum absolute atomic E-state index is 0.263. The van der Waals surface area contributed by atoms with Crippen LogP contribution in [0, 0.1) is 13.8 Å². The Morgan fingerprint density at radius 2 is 1.93 bits per heavy atom. The summed E-state index contributed by atoms with van der Waals surface area (Å²) in [5, 5.41) is 3.86. The highest BCUT2D eigenvalue weighted by Gasteiger charge is 2.20. The van der Waals surface area contributed by atoms with Crippen molar-refractivity contribution in [2.75, 3.05) is 5.32 Å². The van der Waals surface area contributed by atoms with Crippen molar-refractivity contribution in [1.82, 2.24) is 19.2 Å². The molecule has 1 amide bonds. The molecule has 3 heterocycles. The molecule has 7 nitrogen and oxygen atoms in total. The smallest absolute Gasteiger partial charge is 0.276 e. The normalized spacial score (nSPS) is 11.1. The Bertz CT molecular complexity index is 1200. The van der Waals surface area contributed by atoms with E-state index in [1.54, 1.807) is 30.3 Å².